The van der Waals surface area contributed by atoms with Crippen LogP contribution in [-0.2, 0) is 0 Å². The first-order valence-electron chi connectivity index (χ1n) is 8.32. The Kier molecular flexibility index (Phi) is 5.79. The molecule has 3 rings (SSSR count). The lowest BCUT2D eigenvalue weighted by atomic mass is 10.2. The number of amides is 1. The summed E-state index contributed by atoms with van der Waals surface area (Å²) in [6, 6.07) is 9.60. The second-order valence-electron chi connectivity index (χ2n) is 5.77. The normalized spacial score (nSPS) is 10.5. The van der Waals surface area contributed by atoms with Crippen LogP contribution >= 0.6 is 11.3 Å². The third-order valence-corrected chi connectivity index (χ3v) is 5.23. The van der Waals surface area contributed by atoms with Crippen LogP contribution < -0.4 is 19.5 Å². The maximum Gasteiger partial charge on any atom is 0.267 e. The van der Waals surface area contributed by atoms with E-state index in [1.165, 1.54) is 27.4 Å². The number of aryl methyl sites for hydroxylation is 1. The Labute approximate surface area is 165 Å². The predicted octanol–water partition coefficient (Wildman–Crippen LogP) is 4.54. The van der Waals surface area contributed by atoms with Gasteiger partial charge in [-0.25, -0.2) is 9.37 Å². The van der Waals surface area contributed by atoms with E-state index in [9.17, 15) is 9.18 Å². The molecule has 0 aliphatic rings. The SMILES string of the molecule is COc1ccc(NC(=O)c2sc(-c3c(F)cccc3OC)nc2C)cc1OC. The van der Waals surface area contributed by atoms with Crippen molar-refractivity contribution in [3.8, 4) is 27.8 Å². The number of rotatable bonds is 6. The average molecular weight is 402 g/mol. The van der Waals surface area contributed by atoms with Crippen LogP contribution in [0.15, 0.2) is 36.4 Å². The number of methoxy groups -OCH3 is 3. The van der Waals surface area contributed by atoms with Crippen molar-refractivity contribution in [2.75, 3.05) is 26.6 Å². The number of ether oxygens (including phenoxy) is 3. The standard InChI is InChI=1S/C20H19FN2O4S/c1-11-18(19(24)23-12-8-9-14(25-2)16(10-12)27-4)28-20(22-11)17-13(21)6-5-7-15(17)26-3/h5-10H,1-4H3,(H,23,24). The molecule has 3 aromatic rings. The molecule has 146 valence electrons. The number of nitrogens with one attached hydrogen (secondary N) is 1. The number of benzene rings is 2. The zero-order chi connectivity index (χ0) is 20.3. The van der Waals surface area contributed by atoms with Gasteiger partial charge in [0.25, 0.3) is 5.91 Å². The van der Waals surface area contributed by atoms with Crippen molar-refractivity contribution in [3.05, 3.63) is 52.8 Å². The van der Waals surface area contributed by atoms with Crippen LogP contribution in [-0.4, -0.2) is 32.2 Å². The van der Waals surface area contributed by atoms with E-state index in [-0.39, 0.29) is 11.5 Å². The van der Waals surface area contributed by atoms with Crippen molar-refractivity contribution < 1.29 is 23.4 Å². The number of hydrogen-bond donors (Lipinski definition) is 1. The predicted molar refractivity (Wildman–Crippen MR) is 106 cm³/mol. The summed E-state index contributed by atoms with van der Waals surface area (Å²) in [7, 11) is 4.52. The minimum Gasteiger partial charge on any atom is -0.496 e. The van der Waals surface area contributed by atoms with Crippen molar-refractivity contribution >= 4 is 22.9 Å². The summed E-state index contributed by atoms with van der Waals surface area (Å²) < 4.78 is 30.0. The van der Waals surface area contributed by atoms with Gasteiger partial charge in [0.05, 0.1) is 32.6 Å². The Morgan fingerprint density at radius 3 is 2.43 bits per heavy atom. The number of anilines is 1. The fourth-order valence-electron chi connectivity index (χ4n) is 2.70. The number of halogens is 1. The van der Waals surface area contributed by atoms with Crippen LogP contribution in [0.4, 0.5) is 10.1 Å². The zero-order valence-corrected chi connectivity index (χ0v) is 16.6. The molecule has 1 amide bonds. The topological polar surface area (TPSA) is 69.7 Å². The third kappa shape index (κ3) is 3.77. The van der Waals surface area contributed by atoms with E-state index in [1.54, 1.807) is 37.3 Å². The lowest BCUT2D eigenvalue weighted by Gasteiger charge is -2.10. The van der Waals surface area contributed by atoms with Crippen LogP contribution in [0.1, 0.15) is 15.4 Å². The van der Waals surface area contributed by atoms with Crippen molar-refractivity contribution in [1.29, 1.82) is 0 Å². The highest BCUT2D eigenvalue weighted by Crippen LogP contribution is 2.37. The molecular weight excluding hydrogens is 383 g/mol. The monoisotopic (exact) mass is 402 g/mol. The first-order valence-corrected chi connectivity index (χ1v) is 9.13. The van der Waals surface area contributed by atoms with E-state index in [0.29, 0.717) is 38.5 Å². The fraction of sp³-hybridized carbons (Fsp3) is 0.200. The van der Waals surface area contributed by atoms with Crippen molar-refractivity contribution in [2.45, 2.75) is 6.92 Å². The molecule has 0 aliphatic carbocycles. The summed E-state index contributed by atoms with van der Waals surface area (Å²) in [5.74, 6) is 0.617. The van der Waals surface area contributed by atoms with Crippen LogP contribution in [0.3, 0.4) is 0 Å². The molecule has 0 saturated carbocycles. The molecule has 0 fully saturated rings. The maximum absolute atomic E-state index is 14.3. The molecule has 0 bridgehead atoms. The van der Waals surface area contributed by atoms with Gasteiger partial charge in [0.1, 0.15) is 21.5 Å². The number of thiazole rings is 1. The smallest absolute Gasteiger partial charge is 0.267 e. The quantitative estimate of drug-likeness (QED) is 0.656. The van der Waals surface area contributed by atoms with Crippen LogP contribution in [0, 0.1) is 12.7 Å². The molecule has 6 nitrogen and oxygen atoms in total. The molecule has 28 heavy (non-hydrogen) atoms. The van der Waals surface area contributed by atoms with Crippen molar-refractivity contribution in [2.24, 2.45) is 0 Å². The van der Waals surface area contributed by atoms with Crippen LogP contribution in [0.5, 0.6) is 17.2 Å². The summed E-state index contributed by atoms with van der Waals surface area (Å²) in [6.07, 6.45) is 0. The van der Waals surface area contributed by atoms with Crippen molar-refractivity contribution in [1.82, 2.24) is 4.98 Å². The van der Waals surface area contributed by atoms with E-state index in [0.717, 1.165) is 11.3 Å². The second-order valence-corrected chi connectivity index (χ2v) is 6.77. The highest BCUT2D eigenvalue weighted by Gasteiger charge is 2.21. The van der Waals surface area contributed by atoms with Gasteiger partial charge in [-0.2, -0.15) is 0 Å². The lowest BCUT2D eigenvalue weighted by molar-refractivity contribution is 0.103. The molecule has 2 aromatic carbocycles. The first kappa shape index (κ1) is 19.6. The molecule has 0 aliphatic heterocycles. The Balaban J connectivity index is 1.91. The van der Waals surface area contributed by atoms with Gasteiger partial charge in [-0.05, 0) is 31.2 Å². The van der Waals surface area contributed by atoms with E-state index in [1.807, 2.05) is 0 Å². The summed E-state index contributed by atoms with van der Waals surface area (Å²) >= 11 is 1.10. The van der Waals surface area contributed by atoms with Gasteiger partial charge >= 0.3 is 0 Å². The average Bonchev–Trinajstić information content (AvgIpc) is 3.08. The highest BCUT2D eigenvalue weighted by molar-refractivity contribution is 7.17. The molecule has 0 saturated heterocycles. The second kappa shape index (κ2) is 8.26. The molecule has 8 heteroatoms. The Morgan fingerprint density at radius 2 is 1.75 bits per heavy atom. The number of carbonyl (C=O) groups is 1. The van der Waals surface area contributed by atoms with Gasteiger partial charge in [0, 0.05) is 11.8 Å². The largest absolute Gasteiger partial charge is 0.496 e. The summed E-state index contributed by atoms with van der Waals surface area (Å²) in [4.78, 5) is 17.5. The molecule has 0 radical (unpaired) electrons. The van der Waals surface area contributed by atoms with Crippen molar-refractivity contribution in [3.63, 3.8) is 0 Å². The molecular formula is C20H19FN2O4S. The molecule has 0 unspecified atom stereocenters. The van der Waals surface area contributed by atoms with Gasteiger partial charge < -0.3 is 19.5 Å². The van der Waals surface area contributed by atoms with E-state index < -0.39 is 5.82 Å². The molecule has 1 aromatic heterocycles. The van der Waals surface area contributed by atoms with Gasteiger partial charge in [0.2, 0.25) is 0 Å². The number of hydrogen-bond acceptors (Lipinski definition) is 6. The Hall–Kier alpha value is -3.13. The molecule has 0 atom stereocenters. The summed E-state index contributed by atoms with van der Waals surface area (Å²) in [5.41, 5.74) is 1.28. The molecule has 0 spiro atoms. The molecule has 1 heterocycles. The summed E-state index contributed by atoms with van der Waals surface area (Å²) in [6.45, 7) is 1.71. The fourth-order valence-corrected chi connectivity index (χ4v) is 3.71. The first-order chi connectivity index (χ1) is 13.5. The Bertz CT molecular complexity index is 1020. The lowest BCUT2D eigenvalue weighted by Crippen LogP contribution is -2.11. The minimum absolute atomic E-state index is 0.239. The van der Waals surface area contributed by atoms with Gasteiger partial charge in [-0.1, -0.05) is 6.07 Å². The van der Waals surface area contributed by atoms with Gasteiger partial charge in [-0.15, -0.1) is 11.3 Å². The van der Waals surface area contributed by atoms with E-state index >= 15 is 0 Å². The van der Waals surface area contributed by atoms with E-state index in [2.05, 4.69) is 10.3 Å². The zero-order valence-electron chi connectivity index (χ0n) is 15.8. The number of nitrogens with zero attached hydrogens (tertiary/aromatic N) is 1. The van der Waals surface area contributed by atoms with Crippen LogP contribution in [0.25, 0.3) is 10.6 Å². The maximum atomic E-state index is 14.3. The highest BCUT2D eigenvalue weighted by atomic mass is 32.1. The molecule has 1 N–H and O–H groups in total. The van der Waals surface area contributed by atoms with Gasteiger partial charge in [-0.3, -0.25) is 4.79 Å². The number of carbonyl (C=O) groups excluding carboxylic acids is 1. The van der Waals surface area contributed by atoms with Gasteiger partial charge in [0.15, 0.2) is 11.5 Å². The minimum atomic E-state index is -0.458. The Morgan fingerprint density at radius 1 is 1.04 bits per heavy atom. The number of aromatic nitrogens is 1. The van der Waals surface area contributed by atoms with E-state index in [4.69, 9.17) is 14.2 Å². The summed E-state index contributed by atoms with van der Waals surface area (Å²) in [5, 5.41) is 3.18. The van der Waals surface area contributed by atoms with Crippen LogP contribution in [0.2, 0.25) is 0 Å². The third-order valence-electron chi connectivity index (χ3n) is 4.05.